The van der Waals surface area contributed by atoms with Crippen LogP contribution in [-0.2, 0) is 9.53 Å². The molecule has 5 rings (SSSR count). The molecule has 0 aliphatic carbocycles. The summed E-state index contributed by atoms with van der Waals surface area (Å²) in [6.07, 6.45) is 2.83. The van der Waals surface area contributed by atoms with Gasteiger partial charge < -0.3 is 25.0 Å². The normalized spacial score (nSPS) is 21.2. The molecule has 4 heterocycles. The van der Waals surface area contributed by atoms with Gasteiger partial charge in [-0.15, -0.1) is 10.2 Å². The fraction of sp³-hybridized carbons (Fsp3) is 0.607. The summed E-state index contributed by atoms with van der Waals surface area (Å²) in [5.74, 6) is 1.64. The highest BCUT2D eigenvalue weighted by Crippen LogP contribution is 2.36. The largest absolute Gasteiger partial charge is 0.507 e. The molecule has 9 heteroatoms. The number of benzene rings is 1. The van der Waals surface area contributed by atoms with Gasteiger partial charge in [-0.1, -0.05) is 12.1 Å². The van der Waals surface area contributed by atoms with Crippen molar-refractivity contribution in [2.75, 3.05) is 62.6 Å². The number of anilines is 2. The van der Waals surface area contributed by atoms with Crippen molar-refractivity contribution in [2.24, 2.45) is 5.92 Å². The summed E-state index contributed by atoms with van der Waals surface area (Å²) in [5.41, 5.74) is 2.06. The third-order valence-electron chi connectivity index (χ3n) is 7.61. The first-order chi connectivity index (χ1) is 17.7. The Hall–Kier alpha value is -2.91. The maximum atomic E-state index is 12.0. The number of rotatable bonds is 6. The molecule has 2 aromatic rings. The summed E-state index contributed by atoms with van der Waals surface area (Å²) in [4.78, 5) is 19.5. The number of likely N-dealkylation sites (tertiary alicyclic amines) is 1. The van der Waals surface area contributed by atoms with E-state index in [-0.39, 0.29) is 11.7 Å². The number of hydrogen-bond acceptors (Lipinski definition) is 9. The molecule has 3 aliphatic rings. The molecule has 2 saturated heterocycles. The zero-order valence-corrected chi connectivity index (χ0v) is 22.3. The van der Waals surface area contributed by atoms with Crippen LogP contribution in [-0.4, -0.2) is 95.1 Å². The zero-order valence-electron chi connectivity index (χ0n) is 22.3. The van der Waals surface area contributed by atoms with Gasteiger partial charge in [-0.25, -0.2) is 0 Å². The monoisotopic (exact) mass is 508 g/mol. The van der Waals surface area contributed by atoms with Crippen LogP contribution in [0, 0.1) is 5.92 Å². The molecule has 200 valence electrons. The van der Waals surface area contributed by atoms with Gasteiger partial charge in [-0.2, -0.15) is 0 Å². The van der Waals surface area contributed by atoms with Crippen LogP contribution in [0.3, 0.4) is 0 Å². The average molecular weight is 509 g/mol. The number of fused-ring (bicyclic) bond motifs is 3. The van der Waals surface area contributed by atoms with E-state index in [9.17, 15) is 9.90 Å². The summed E-state index contributed by atoms with van der Waals surface area (Å²) in [6.45, 7) is 13.7. The highest BCUT2D eigenvalue weighted by Gasteiger charge is 2.34. The minimum absolute atomic E-state index is 0.103. The number of phenols is 1. The Balaban J connectivity index is 1.12. The van der Waals surface area contributed by atoms with E-state index >= 15 is 0 Å². The summed E-state index contributed by atoms with van der Waals surface area (Å²) in [7, 11) is 0. The van der Waals surface area contributed by atoms with Crippen LogP contribution < -0.4 is 10.2 Å². The zero-order chi connectivity index (χ0) is 26.0. The number of para-hydroxylation sites is 1. The molecule has 37 heavy (non-hydrogen) atoms. The summed E-state index contributed by atoms with van der Waals surface area (Å²) >= 11 is 0. The molecular formula is C28H40N6O3. The Morgan fingerprint density at radius 2 is 1.89 bits per heavy atom. The SMILES string of the molecule is CC(C)(C)OC(=O)CCN1CCC(CN2CCN3c4cc(-c5ccccc5O)nnc4NCC3C2)CC1. The molecule has 0 saturated carbocycles. The Morgan fingerprint density at radius 3 is 2.65 bits per heavy atom. The first-order valence-electron chi connectivity index (χ1n) is 13.6. The standard InChI is InChI=1S/C28H40N6O3/c1-28(2,3)37-26(36)10-13-32-11-8-20(9-12-32)18-33-14-15-34-21(19-33)17-29-27-24(34)16-23(30-31-27)22-6-4-5-7-25(22)35/h4-7,16,20-21,35H,8-15,17-19H2,1-3H3,(H,29,31). The number of carbonyl (C=O) groups is 1. The number of piperidine rings is 1. The van der Waals surface area contributed by atoms with E-state index in [2.05, 4.69) is 36.3 Å². The second kappa shape index (κ2) is 10.8. The number of nitrogens with one attached hydrogen (secondary N) is 1. The van der Waals surface area contributed by atoms with Crippen molar-refractivity contribution in [3.63, 3.8) is 0 Å². The minimum atomic E-state index is -0.412. The molecule has 2 fully saturated rings. The third kappa shape index (κ3) is 6.33. The molecule has 1 atom stereocenters. The number of aromatic hydroxyl groups is 1. The quantitative estimate of drug-likeness (QED) is 0.571. The Kier molecular flexibility index (Phi) is 7.53. The molecule has 1 aromatic heterocycles. The molecule has 0 amide bonds. The smallest absolute Gasteiger partial charge is 0.307 e. The van der Waals surface area contributed by atoms with Crippen molar-refractivity contribution in [1.29, 1.82) is 0 Å². The predicted octanol–water partition coefficient (Wildman–Crippen LogP) is 3.21. The number of piperazine rings is 1. The number of nitrogens with zero attached hydrogens (tertiary/aromatic N) is 5. The fourth-order valence-electron chi connectivity index (χ4n) is 5.74. The third-order valence-corrected chi connectivity index (χ3v) is 7.61. The second-order valence-electron chi connectivity index (χ2n) is 11.6. The molecule has 1 unspecified atom stereocenters. The van der Waals surface area contributed by atoms with E-state index < -0.39 is 5.60 Å². The van der Waals surface area contributed by atoms with Crippen molar-refractivity contribution >= 4 is 17.5 Å². The lowest BCUT2D eigenvalue weighted by Crippen LogP contribution is -2.58. The molecule has 2 N–H and O–H groups in total. The van der Waals surface area contributed by atoms with Crippen LogP contribution in [0.2, 0.25) is 0 Å². The van der Waals surface area contributed by atoms with Gasteiger partial charge in [0.2, 0.25) is 0 Å². The summed E-state index contributed by atoms with van der Waals surface area (Å²) in [5, 5.41) is 22.5. The topological polar surface area (TPSA) is 94.1 Å². The van der Waals surface area contributed by atoms with E-state index in [4.69, 9.17) is 4.74 Å². The van der Waals surface area contributed by atoms with Crippen molar-refractivity contribution in [1.82, 2.24) is 20.0 Å². The van der Waals surface area contributed by atoms with Crippen LogP contribution in [0.1, 0.15) is 40.0 Å². The van der Waals surface area contributed by atoms with E-state index in [1.807, 2.05) is 39.0 Å². The average Bonchev–Trinajstić information content (AvgIpc) is 2.87. The number of ether oxygens (including phenoxy) is 1. The predicted molar refractivity (Wildman–Crippen MR) is 145 cm³/mol. The van der Waals surface area contributed by atoms with E-state index in [1.54, 1.807) is 6.07 Å². The van der Waals surface area contributed by atoms with Crippen molar-refractivity contribution in [2.45, 2.75) is 51.7 Å². The van der Waals surface area contributed by atoms with Crippen LogP contribution in [0.5, 0.6) is 5.75 Å². The van der Waals surface area contributed by atoms with Gasteiger partial charge >= 0.3 is 5.97 Å². The van der Waals surface area contributed by atoms with Gasteiger partial charge in [0.25, 0.3) is 0 Å². The maximum absolute atomic E-state index is 12.0. The first kappa shape index (κ1) is 25.7. The molecule has 0 radical (unpaired) electrons. The summed E-state index contributed by atoms with van der Waals surface area (Å²) < 4.78 is 5.45. The van der Waals surface area contributed by atoms with Crippen LogP contribution in [0.4, 0.5) is 11.5 Å². The molecule has 9 nitrogen and oxygen atoms in total. The van der Waals surface area contributed by atoms with Gasteiger partial charge in [0, 0.05) is 44.8 Å². The van der Waals surface area contributed by atoms with Gasteiger partial charge in [-0.05, 0) is 70.8 Å². The maximum Gasteiger partial charge on any atom is 0.307 e. The molecule has 3 aliphatic heterocycles. The van der Waals surface area contributed by atoms with E-state index in [0.29, 0.717) is 29.6 Å². The lowest BCUT2D eigenvalue weighted by molar-refractivity contribution is -0.155. The van der Waals surface area contributed by atoms with Gasteiger partial charge in [0.05, 0.1) is 23.8 Å². The number of carbonyl (C=O) groups excluding carboxylic acids is 1. The highest BCUT2D eigenvalue weighted by molar-refractivity contribution is 5.76. The van der Waals surface area contributed by atoms with Crippen LogP contribution in [0.15, 0.2) is 30.3 Å². The van der Waals surface area contributed by atoms with Crippen molar-refractivity contribution < 1.29 is 14.6 Å². The molecule has 0 spiro atoms. The number of aromatic nitrogens is 2. The first-order valence-corrected chi connectivity index (χ1v) is 13.6. The highest BCUT2D eigenvalue weighted by atomic mass is 16.6. The molecular weight excluding hydrogens is 468 g/mol. The number of phenolic OH excluding ortho intramolecular Hbond substituents is 1. The van der Waals surface area contributed by atoms with Gasteiger partial charge in [0.15, 0.2) is 5.82 Å². The Morgan fingerprint density at radius 1 is 1.11 bits per heavy atom. The van der Waals surface area contributed by atoms with Gasteiger partial charge in [0.1, 0.15) is 11.4 Å². The lowest BCUT2D eigenvalue weighted by Gasteiger charge is -2.47. The lowest BCUT2D eigenvalue weighted by atomic mass is 9.95. The number of hydrogen-bond donors (Lipinski definition) is 2. The van der Waals surface area contributed by atoms with E-state index in [1.165, 1.54) is 12.8 Å². The van der Waals surface area contributed by atoms with Crippen LogP contribution >= 0.6 is 0 Å². The number of esters is 1. The molecule has 0 bridgehead atoms. The Labute approximate surface area is 219 Å². The Bertz CT molecular complexity index is 1100. The van der Waals surface area contributed by atoms with Crippen molar-refractivity contribution in [3.8, 4) is 17.0 Å². The minimum Gasteiger partial charge on any atom is -0.507 e. The van der Waals surface area contributed by atoms with E-state index in [0.717, 1.165) is 63.9 Å². The summed E-state index contributed by atoms with van der Waals surface area (Å²) in [6, 6.07) is 9.72. The van der Waals surface area contributed by atoms with Crippen LogP contribution in [0.25, 0.3) is 11.3 Å². The fourth-order valence-corrected chi connectivity index (χ4v) is 5.74. The molecule has 1 aromatic carbocycles. The second-order valence-corrected chi connectivity index (χ2v) is 11.6. The van der Waals surface area contributed by atoms with Gasteiger partial charge in [-0.3, -0.25) is 9.69 Å². The van der Waals surface area contributed by atoms with Crippen molar-refractivity contribution in [3.05, 3.63) is 30.3 Å².